The Kier molecular flexibility index (Phi) is 14.4. The molecule has 13 rings (SSSR count). The van der Waals surface area contributed by atoms with E-state index in [1.807, 2.05) is 83.3 Å². The Bertz CT molecular complexity index is 4190. The summed E-state index contributed by atoms with van der Waals surface area (Å²) in [7, 11) is 5.99. The van der Waals surface area contributed by atoms with Gasteiger partial charge in [-0.15, -0.1) is 0 Å². The van der Waals surface area contributed by atoms with Crippen molar-refractivity contribution >= 4 is 85.2 Å². The first-order chi connectivity index (χ1) is 40.9. The Morgan fingerprint density at radius 2 is 1.44 bits per heavy atom. The van der Waals surface area contributed by atoms with Crippen LogP contribution in [0.4, 0.5) is 34.6 Å². The van der Waals surface area contributed by atoms with E-state index in [4.69, 9.17) is 24.9 Å². The number of carbonyl (C=O) groups is 2. The first kappa shape index (κ1) is 53.6. The lowest BCUT2D eigenvalue weighted by Gasteiger charge is -2.41. The van der Waals surface area contributed by atoms with Crippen molar-refractivity contribution in [3.05, 3.63) is 180 Å². The third-order valence-corrected chi connectivity index (χ3v) is 16.6. The number of piperazine rings is 2. The fourth-order valence-corrected chi connectivity index (χ4v) is 12.3. The molecule has 3 aliphatic heterocycles. The molecule has 2 N–H and O–H groups in total. The van der Waals surface area contributed by atoms with E-state index in [9.17, 15) is 9.59 Å². The molecule has 3 aliphatic rings. The number of nitrogens with one attached hydrogen (secondary N) is 2. The monoisotopic (exact) mass is 1120 g/mol. The molecular formula is C64H66N18O2. The van der Waals surface area contributed by atoms with Crippen LogP contribution in [0.25, 0.3) is 38.7 Å². The van der Waals surface area contributed by atoms with Crippen molar-refractivity contribution in [2.75, 3.05) is 73.8 Å². The first-order valence-corrected chi connectivity index (χ1v) is 28.7. The predicted octanol–water partition coefficient (Wildman–Crippen LogP) is 8.38. The van der Waals surface area contributed by atoms with Gasteiger partial charge < -0.3 is 39.7 Å². The van der Waals surface area contributed by atoms with Crippen LogP contribution in [-0.2, 0) is 35.9 Å². The van der Waals surface area contributed by atoms with E-state index in [0.29, 0.717) is 91.6 Å². The number of imidazole rings is 1. The molecular weight excluding hydrogens is 1050 g/mol. The maximum Gasteiger partial charge on any atom is 0.246 e. The van der Waals surface area contributed by atoms with Gasteiger partial charge in [0.15, 0.2) is 17.3 Å². The van der Waals surface area contributed by atoms with Gasteiger partial charge in [-0.25, -0.2) is 44.4 Å². The minimum Gasteiger partial charge on any atom is -0.352 e. The number of rotatable bonds is 16. The van der Waals surface area contributed by atoms with Crippen molar-refractivity contribution in [1.29, 1.82) is 0 Å². The fraction of sp³-hybridized carbons (Fsp3) is 0.297. The van der Waals surface area contributed by atoms with Gasteiger partial charge in [0.05, 0.1) is 28.4 Å². The van der Waals surface area contributed by atoms with Gasteiger partial charge in [-0.1, -0.05) is 30.9 Å². The first-order valence-electron chi connectivity index (χ1n) is 28.7. The SMILES string of the molecule is C=CC(=O)N1C2CCC1CN(c1ccc3ncnc(Nc4ccc(Cc5ccn6ncnc6c5)c(Cc5nc(Nc6ccc(Cc7ccc8c(c7)ncn8C)c(C)c6)c6nc(N7CCN(C(=O)/C=C/CN(C)C)C[C@@H]7C)ccc6n5)c4)c3n1)C2. The van der Waals surface area contributed by atoms with Crippen LogP contribution in [-0.4, -0.2) is 152 Å². The quantitative estimate of drug-likeness (QED) is 0.0874. The second-order valence-electron chi connectivity index (χ2n) is 22.7. The van der Waals surface area contributed by atoms with Crippen LogP contribution < -0.4 is 20.4 Å². The van der Waals surface area contributed by atoms with Crippen LogP contribution in [0.2, 0.25) is 0 Å². The number of likely N-dealkylation sites (N-methyl/N-ethyl adjacent to an activating group) is 1. The number of carbonyl (C=O) groups excluding carboxylic acids is 2. The summed E-state index contributed by atoms with van der Waals surface area (Å²) in [5, 5.41) is 11.7. The number of benzene rings is 3. The standard InChI is InChI=1S/C64H66N18O2/c1-7-59(83)82-49-15-16-50(82)36-79(35-49)56-20-17-51-61(74-56)63(67-37-65-51)70-48-14-12-45(29-43-22-24-81-58(31-43)66-38-69-81)46(32-48)33-55-72-52-18-21-57(80-26-25-78(34-41(80)3)60(84)9-8-23-76(4)5)75-62(52)64(73-55)71-47-13-11-44(40(2)27-47)28-42-10-19-54-53(30-42)68-39-77(54)6/h7-14,17-22,24,27,30-32,37-39,41,49-50H,1,15-16,23,25-26,28-29,33-36H2,2-6H3,(H,65,67,70)(H,71,72,73)/b9-8+/t41-,49?,50?/m0/s1. The van der Waals surface area contributed by atoms with E-state index in [-0.39, 0.29) is 29.9 Å². The smallest absolute Gasteiger partial charge is 0.246 e. The third kappa shape index (κ3) is 10.9. The van der Waals surface area contributed by atoms with Crippen molar-refractivity contribution in [3.8, 4) is 0 Å². The Morgan fingerprint density at radius 1 is 0.690 bits per heavy atom. The number of amides is 2. The molecule has 10 aromatic rings. The molecule has 3 saturated heterocycles. The molecule has 0 spiro atoms. The van der Waals surface area contributed by atoms with Gasteiger partial charge in [0.25, 0.3) is 0 Å². The summed E-state index contributed by atoms with van der Waals surface area (Å²) in [6.45, 7) is 11.9. The van der Waals surface area contributed by atoms with E-state index < -0.39 is 0 Å². The van der Waals surface area contributed by atoms with Gasteiger partial charge in [-0.2, -0.15) is 5.10 Å². The van der Waals surface area contributed by atoms with Crippen molar-refractivity contribution in [2.45, 2.75) is 64.1 Å². The number of aryl methyl sites for hydroxylation is 2. The summed E-state index contributed by atoms with van der Waals surface area (Å²) in [5.74, 6) is 3.39. The van der Waals surface area contributed by atoms with E-state index in [2.05, 4.69) is 128 Å². The Labute approximate surface area is 486 Å². The summed E-state index contributed by atoms with van der Waals surface area (Å²) in [4.78, 5) is 76.2. The van der Waals surface area contributed by atoms with Gasteiger partial charge in [-0.05, 0) is 166 Å². The normalized spacial score (nSPS) is 17.2. The molecule has 7 aromatic heterocycles. The maximum atomic E-state index is 13.2. The molecule has 0 saturated carbocycles. The van der Waals surface area contributed by atoms with Crippen molar-refractivity contribution in [2.24, 2.45) is 7.05 Å². The van der Waals surface area contributed by atoms with E-state index in [1.165, 1.54) is 17.2 Å². The second kappa shape index (κ2) is 22.6. The zero-order chi connectivity index (χ0) is 57.6. The van der Waals surface area contributed by atoms with Gasteiger partial charge in [-0.3, -0.25) is 9.59 Å². The van der Waals surface area contributed by atoms with Crippen LogP contribution in [0, 0.1) is 6.92 Å². The number of aromatic nitrogens is 11. The number of hydrogen-bond donors (Lipinski definition) is 2. The van der Waals surface area contributed by atoms with Crippen molar-refractivity contribution < 1.29 is 9.59 Å². The topological polar surface area (TPSA) is 200 Å². The molecule has 0 aliphatic carbocycles. The highest BCUT2D eigenvalue weighted by atomic mass is 16.2. The Balaban J connectivity index is 0.838. The van der Waals surface area contributed by atoms with Crippen LogP contribution in [0.1, 0.15) is 59.0 Å². The van der Waals surface area contributed by atoms with Gasteiger partial charge in [0.1, 0.15) is 41.1 Å². The largest absolute Gasteiger partial charge is 0.352 e. The fourth-order valence-electron chi connectivity index (χ4n) is 12.3. The number of anilines is 6. The summed E-state index contributed by atoms with van der Waals surface area (Å²) < 4.78 is 3.80. The molecule has 10 heterocycles. The summed E-state index contributed by atoms with van der Waals surface area (Å²) in [6.07, 6.45) is 15.6. The van der Waals surface area contributed by atoms with Gasteiger partial charge in [0.2, 0.25) is 11.8 Å². The summed E-state index contributed by atoms with van der Waals surface area (Å²) in [6, 6.07) is 31.7. The summed E-state index contributed by atoms with van der Waals surface area (Å²) >= 11 is 0. The van der Waals surface area contributed by atoms with Gasteiger partial charge in [0, 0.05) is 94.5 Å². The molecule has 20 heteroatoms. The van der Waals surface area contributed by atoms with Crippen molar-refractivity contribution in [3.63, 3.8) is 0 Å². The molecule has 3 aromatic carbocycles. The van der Waals surface area contributed by atoms with Crippen LogP contribution in [0.3, 0.4) is 0 Å². The lowest BCUT2D eigenvalue weighted by molar-refractivity contribution is -0.129. The number of fused-ring (bicyclic) bond motifs is 6. The van der Waals surface area contributed by atoms with E-state index >= 15 is 0 Å². The molecule has 2 bridgehead atoms. The number of pyridine rings is 3. The number of nitrogens with zero attached hydrogens (tertiary/aromatic N) is 16. The second-order valence-corrected chi connectivity index (χ2v) is 22.7. The Hall–Kier alpha value is -9.69. The molecule has 3 atom stereocenters. The van der Waals surface area contributed by atoms with Crippen molar-refractivity contribution in [1.82, 2.24) is 68.8 Å². The van der Waals surface area contributed by atoms with Crippen LogP contribution in [0.15, 0.2) is 141 Å². The molecule has 0 radical (unpaired) electrons. The third-order valence-electron chi connectivity index (χ3n) is 16.6. The Morgan fingerprint density at radius 3 is 2.25 bits per heavy atom. The molecule has 2 amide bonds. The molecule has 424 valence electrons. The zero-order valence-corrected chi connectivity index (χ0v) is 47.9. The highest BCUT2D eigenvalue weighted by Crippen LogP contribution is 2.35. The predicted molar refractivity (Wildman–Crippen MR) is 328 cm³/mol. The van der Waals surface area contributed by atoms with Gasteiger partial charge >= 0.3 is 0 Å². The van der Waals surface area contributed by atoms with E-state index in [1.54, 1.807) is 23.2 Å². The molecule has 20 nitrogen and oxygen atoms in total. The van der Waals surface area contributed by atoms with Crippen LogP contribution in [0.5, 0.6) is 0 Å². The van der Waals surface area contributed by atoms with E-state index in [0.717, 1.165) is 81.2 Å². The highest BCUT2D eigenvalue weighted by Gasteiger charge is 2.42. The van der Waals surface area contributed by atoms with Crippen LogP contribution >= 0.6 is 0 Å². The maximum absolute atomic E-state index is 13.2. The summed E-state index contributed by atoms with van der Waals surface area (Å²) in [5.41, 5.74) is 13.9. The average Bonchev–Trinajstić information content (AvgIpc) is 4.31. The minimum absolute atomic E-state index is 0.00902. The molecule has 3 fully saturated rings. The average molecular weight is 1120 g/mol. The molecule has 2 unspecified atom stereocenters. The number of hydrogen-bond acceptors (Lipinski definition) is 16. The highest BCUT2D eigenvalue weighted by molar-refractivity contribution is 5.91. The molecule has 84 heavy (non-hydrogen) atoms. The minimum atomic E-state index is -0.00931. The lowest BCUT2D eigenvalue weighted by Crippen LogP contribution is -2.55. The zero-order valence-electron chi connectivity index (χ0n) is 47.9. The lowest BCUT2D eigenvalue weighted by atomic mass is 9.97.